The molecule has 19 heavy (non-hydrogen) atoms. The van der Waals surface area contributed by atoms with E-state index in [1.165, 1.54) is 16.7 Å². The monoisotopic (exact) mass is 260 g/mol. The normalized spacial score (nSPS) is 20.3. The zero-order chi connectivity index (χ0) is 13.8. The molecule has 0 spiro atoms. The Morgan fingerprint density at radius 2 is 2.26 bits per heavy atom. The first-order chi connectivity index (χ1) is 9.06. The van der Waals surface area contributed by atoms with Crippen molar-refractivity contribution in [1.29, 1.82) is 0 Å². The van der Waals surface area contributed by atoms with Crippen molar-refractivity contribution in [1.82, 2.24) is 10.6 Å². The number of carbonyl (C=O) groups is 1. The molecule has 1 heterocycles. The van der Waals surface area contributed by atoms with Gasteiger partial charge in [-0.3, -0.25) is 4.79 Å². The summed E-state index contributed by atoms with van der Waals surface area (Å²) < 4.78 is 0. The maximum absolute atomic E-state index is 12.0. The standard InChI is InChI=1S/C16H24N2O/c1-11-6-7-14(12(2)9-11)10-13(3)18-16(19)15-5-4-8-17-15/h6-7,9,13,15,17H,4-5,8,10H2,1-3H3,(H,18,19). The van der Waals surface area contributed by atoms with E-state index in [1.807, 2.05) is 0 Å². The molecule has 1 aromatic rings. The lowest BCUT2D eigenvalue weighted by Crippen LogP contribution is -2.44. The summed E-state index contributed by atoms with van der Waals surface area (Å²) in [6.45, 7) is 7.28. The van der Waals surface area contributed by atoms with E-state index in [1.54, 1.807) is 0 Å². The number of carbonyl (C=O) groups excluding carboxylic acids is 1. The van der Waals surface area contributed by atoms with Gasteiger partial charge in [-0.05, 0) is 57.7 Å². The summed E-state index contributed by atoms with van der Waals surface area (Å²) >= 11 is 0. The van der Waals surface area contributed by atoms with Gasteiger partial charge in [0.2, 0.25) is 5.91 Å². The van der Waals surface area contributed by atoms with Gasteiger partial charge in [-0.25, -0.2) is 0 Å². The summed E-state index contributed by atoms with van der Waals surface area (Å²) in [5, 5.41) is 6.34. The molecule has 1 saturated heterocycles. The van der Waals surface area contributed by atoms with Crippen LogP contribution in [0.2, 0.25) is 0 Å². The van der Waals surface area contributed by atoms with Crippen molar-refractivity contribution in [3.8, 4) is 0 Å². The molecule has 0 saturated carbocycles. The number of hydrogen-bond donors (Lipinski definition) is 2. The third-order valence-electron chi connectivity index (χ3n) is 3.79. The average Bonchev–Trinajstić information content (AvgIpc) is 2.86. The Morgan fingerprint density at radius 1 is 1.47 bits per heavy atom. The van der Waals surface area contributed by atoms with Gasteiger partial charge in [0.25, 0.3) is 0 Å². The van der Waals surface area contributed by atoms with Gasteiger partial charge >= 0.3 is 0 Å². The summed E-state index contributed by atoms with van der Waals surface area (Å²) in [6, 6.07) is 6.69. The van der Waals surface area contributed by atoms with E-state index < -0.39 is 0 Å². The fourth-order valence-corrected chi connectivity index (χ4v) is 2.71. The van der Waals surface area contributed by atoms with Gasteiger partial charge in [-0.15, -0.1) is 0 Å². The number of benzene rings is 1. The van der Waals surface area contributed by atoms with Crippen LogP contribution in [0.3, 0.4) is 0 Å². The fraction of sp³-hybridized carbons (Fsp3) is 0.562. The van der Waals surface area contributed by atoms with Gasteiger partial charge in [0.1, 0.15) is 0 Å². The predicted molar refractivity (Wildman–Crippen MR) is 78.2 cm³/mol. The summed E-state index contributed by atoms with van der Waals surface area (Å²) in [7, 11) is 0. The summed E-state index contributed by atoms with van der Waals surface area (Å²) in [6.07, 6.45) is 2.95. The highest BCUT2D eigenvalue weighted by Gasteiger charge is 2.22. The highest BCUT2D eigenvalue weighted by Crippen LogP contribution is 2.13. The van der Waals surface area contributed by atoms with Crippen LogP contribution in [0.25, 0.3) is 0 Å². The van der Waals surface area contributed by atoms with E-state index in [4.69, 9.17) is 0 Å². The number of aryl methyl sites for hydroxylation is 2. The molecule has 2 rings (SSSR count). The van der Waals surface area contributed by atoms with Crippen molar-refractivity contribution in [2.45, 2.75) is 52.1 Å². The zero-order valence-corrected chi connectivity index (χ0v) is 12.1. The molecule has 0 aliphatic carbocycles. The second-order valence-electron chi connectivity index (χ2n) is 5.69. The van der Waals surface area contributed by atoms with Crippen LogP contribution in [0.4, 0.5) is 0 Å². The van der Waals surface area contributed by atoms with Crippen molar-refractivity contribution in [3.63, 3.8) is 0 Å². The van der Waals surface area contributed by atoms with Crippen LogP contribution < -0.4 is 10.6 Å². The molecule has 0 radical (unpaired) electrons. The molecule has 2 atom stereocenters. The van der Waals surface area contributed by atoms with Crippen molar-refractivity contribution in [2.24, 2.45) is 0 Å². The van der Waals surface area contributed by atoms with Crippen LogP contribution in [0, 0.1) is 13.8 Å². The highest BCUT2D eigenvalue weighted by atomic mass is 16.2. The average molecular weight is 260 g/mol. The summed E-state index contributed by atoms with van der Waals surface area (Å²) in [5.41, 5.74) is 3.91. The van der Waals surface area contributed by atoms with Crippen LogP contribution in [0.1, 0.15) is 36.5 Å². The molecule has 1 aliphatic heterocycles. The predicted octanol–water partition coefficient (Wildman–Crippen LogP) is 2.10. The molecule has 2 unspecified atom stereocenters. The largest absolute Gasteiger partial charge is 0.352 e. The molecular weight excluding hydrogens is 236 g/mol. The van der Waals surface area contributed by atoms with Crippen LogP contribution in [-0.2, 0) is 11.2 Å². The molecule has 1 amide bonds. The first-order valence-corrected chi connectivity index (χ1v) is 7.16. The second-order valence-corrected chi connectivity index (χ2v) is 5.69. The fourth-order valence-electron chi connectivity index (χ4n) is 2.71. The first kappa shape index (κ1) is 14.1. The lowest BCUT2D eigenvalue weighted by molar-refractivity contribution is -0.123. The van der Waals surface area contributed by atoms with Crippen molar-refractivity contribution in [3.05, 3.63) is 34.9 Å². The Bertz CT molecular complexity index is 450. The van der Waals surface area contributed by atoms with Gasteiger partial charge < -0.3 is 10.6 Å². The molecule has 1 aromatic carbocycles. The van der Waals surface area contributed by atoms with Gasteiger partial charge in [-0.2, -0.15) is 0 Å². The van der Waals surface area contributed by atoms with Crippen LogP contribution in [-0.4, -0.2) is 24.5 Å². The maximum atomic E-state index is 12.0. The van der Waals surface area contributed by atoms with E-state index in [0.29, 0.717) is 0 Å². The third kappa shape index (κ3) is 3.80. The molecule has 2 N–H and O–H groups in total. The smallest absolute Gasteiger partial charge is 0.237 e. The van der Waals surface area contributed by atoms with E-state index in [2.05, 4.69) is 49.6 Å². The molecular formula is C16H24N2O. The SMILES string of the molecule is Cc1ccc(CC(C)NC(=O)C2CCCN2)c(C)c1. The minimum Gasteiger partial charge on any atom is -0.352 e. The maximum Gasteiger partial charge on any atom is 0.237 e. The van der Waals surface area contributed by atoms with Gasteiger partial charge in [0.05, 0.1) is 6.04 Å². The van der Waals surface area contributed by atoms with Gasteiger partial charge in [0.15, 0.2) is 0 Å². The molecule has 3 heteroatoms. The molecule has 0 bridgehead atoms. The van der Waals surface area contributed by atoms with E-state index in [9.17, 15) is 4.79 Å². The number of nitrogens with one attached hydrogen (secondary N) is 2. The van der Waals surface area contributed by atoms with Crippen molar-refractivity contribution < 1.29 is 4.79 Å². The first-order valence-electron chi connectivity index (χ1n) is 7.16. The van der Waals surface area contributed by atoms with E-state index >= 15 is 0 Å². The Balaban J connectivity index is 1.89. The number of rotatable bonds is 4. The van der Waals surface area contributed by atoms with E-state index in [-0.39, 0.29) is 18.0 Å². The van der Waals surface area contributed by atoms with Crippen molar-refractivity contribution >= 4 is 5.91 Å². The Labute approximate surface area is 115 Å². The van der Waals surface area contributed by atoms with Crippen LogP contribution >= 0.6 is 0 Å². The molecule has 104 valence electrons. The minimum absolute atomic E-state index is 0.0153. The lowest BCUT2D eigenvalue weighted by Gasteiger charge is -2.18. The van der Waals surface area contributed by atoms with Crippen molar-refractivity contribution in [2.75, 3.05) is 6.54 Å². The van der Waals surface area contributed by atoms with Crippen LogP contribution in [0.5, 0.6) is 0 Å². The Kier molecular flexibility index (Phi) is 4.59. The van der Waals surface area contributed by atoms with Gasteiger partial charge in [0, 0.05) is 6.04 Å². The third-order valence-corrected chi connectivity index (χ3v) is 3.79. The Morgan fingerprint density at radius 3 is 2.89 bits per heavy atom. The summed E-state index contributed by atoms with van der Waals surface area (Å²) in [4.78, 5) is 12.0. The summed E-state index contributed by atoms with van der Waals surface area (Å²) in [5.74, 6) is 0.148. The molecule has 1 fully saturated rings. The quantitative estimate of drug-likeness (QED) is 0.870. The number of amides is 1. The van der Waals surface area contributed by atoms with Crippen LogP contribution in [0.15, 0.2) is 18.2 Å². The van der Waals surface area contributed by atoms with Gasteiger partial charge in [-0.1, -0.05) is 23.8 Å². The van der Waals surface area contributed by atoms with E-state index in [0.717, 1.165) is 25.8 Å². The lowest BCUT2D eigenvalue weighted by atomic mass is 10.00. The molecule has 1 aliphatic rings. The molecule has 3 nitrogen and oxygen atoms in total. The highest BCUT2D eigenvalue weighted by molar-refractivity contribution is 5.82. The number of hydrogen-bond acceptors (Lipinski definition) is 2. The second kappa shape index (κ2) is 6.20. The Hall–Kier alpha value is -1.35. The minimum atomic E-state index is 0.0153. The molecule has 0 aromatic heterocycles. The zero-order valence-electron chi connectivity index (χ0n) is 12.1. The topological polar surface area (TPSA) is 41.1 Å².